The van der Waals surface area contributed by atoms with Crippen molar-refractivity contribution in [2.45, 2.75) is 6.92 Å². The van der Waals surface area contributed by atoms with Crippen LogP contribution in [0.15, 0.2) is 66.7 Å². The number of benzene rings is 3. The minimum absolute atomic E-state index is 0.138. The molecule has 28 heavy (non-hydrogen) atoms. The summed E-state index contributed by atoms with van der Waals surface area (Å²) in [6, 6.07) is 22.2. The second-order valence-corrected chi connectivity index (χ2v) is 10.3. The summed E-state index contributed by atoms with van der Waals surface area (Å²) in [5, 5.41) is 3.51. The zero-order valence-corrected chi connectivity index (χ0v) is 18.4. The maximum atomic E-state index is 12.7. The van der Waals surface area contributed by atoms with Gasteiger partial charge in [-0.25, -0.2) is 4.98 Å². The summed E-state index contributed by atoms with van der Waals surface area (Å²) in [7, 11) is 1.64. The first kappa shape index (κ1) is 18.9. The van der Waals surface area contributed by atoms with Gasteiger partial charge >= 0.3 is 21.2 Å². The van der Waals surface area contributed by atoms with Crippen LogP contribution in [0.25, 0.3) is 10.2 Å². The summed E-state index contributed by atoms with van der Waals surface area (Å²) < 4.78 is 8.77. The van der Waals surface area contributed by atoms with Gasteiger partial charge in [0.05, 0.1) is 17.3 Å². The quantitative estimate of drug-likeness (QED) is 0.426. The lowest BCUT2D eigenvalue weighted by atomic mass is 10.2. The maximum Gasteiger partial charge on any atom is 0.357 e. The summed E-state index contributed by atoms with van der Waals surface area (Å²) in [5.41, 5.74) is 2.76. The number of aromatic nitrogens is 1. The van der Waals surface area contributed by atoms with Gasteiger partial charge in [-0.05, 0) is 49.4 Å². The van der Waals surface area contributed by atoms with Crippen molar-refractivity contribution >= 4 is 32.6 Å². The Hall–Kier alpha value is -2.45. The first-order chi connectivity index (χ1) is 13.6. The standard InChI is InChI=1S/C22H17IN2O2S/c1-14-6-8-16(9-7-14)23-17-5-3-4-15(12-17)21(26)25-22-24-19-11-10-18(27-2)13-20(19)28-22/h3-13H,1-2H3/p+1. The van der Waals surface area contributed by atoms with Gasteiger partial charge < -0.3 is 4.74 Å². The number of nitrogens with one attached hydrogen (secondary N) is 1. The van der Waals surface area contributed by atoms with E-state index < -0.39 is 0 Å². The lowest BCUT2D eigenvalue weighted by Gasteiger charge is -2.00. The van der Waals surface area contributed by atoms with Crippen molar-refractivity contribution in [3.05, 3.63) is 85.0 Å². The van der Waals surface area contributed by atoms with Gasteiger partial charge in [-0.2, -0.15) is 0 Å². The average molecular weight is 501 g/mol. The Morgan fingerprint density at radius 2 is 1.86 bits per heavy atom. The Kier molecular flexibility index (Phi) is 5.59. The van der Waals surface area contributed by atoms with Crippen LogP contribution in [0.2, 0.25) is 0 Å². The highest BCUT2D eigenvalue weighted by Gasteiger charge is 2.18. The van der Waals surface area contributed by atoms with E-state index in [1.165, 1.54) is 24.0 Å². The van der Waals surface area contributed by atoms with Gasteiger partial charge in [0.2, 0.25) is 0 Å². The second kappa shape index (κ2) is 8.28. The van der Waals surface area contributed by atoms with Crippen LogP contribution in [0.1, 0.15) is 15.9 Å². The van der Waals surface area contributed by atoms with E-state index in [4.69, 9.17) is 4.74 Å². The molecular formula is C22H18IN2O2S+. The van der Waals surface area contributed by atoms with Crippen LogP contribution < -0.4 is 31.3 Å². The maximum absolute atomic E-state index is 12.7. The molecular weight excluding hydrogens is 483 g/mol. The van der Waals surface area contributed by atoms with E-state index in [1.807, 2.05) is 36.4 Å². The van der Waals surface area contributed by atoms with Crippen molar-refractivity contribution in [2.75, 3.05) is 12.4 Å². The van der Waals surface area contributed by atoms with Gasteiger partial charge in [0.25, 0.3) is 5.91 Å². The van der Waals surface area contributed by atoms with E-state index in [0.29, 0.717) is 10.7 Å². The number of fused-ring (bicyclic) bond motifs is 1. The zero-order valence-electron chi connectivity index (χ0n) is 15.4. The van der Waals surface area contributed by atoms with Gasteiger partial charge in [-0.1, -0.05) is 35.1 Å². The molecule has 4 rings (SSSR count). The smallest absolute Gasteiger partial charge is 0.357 e. The fraction of sp³-hybridized carbons (Fsp3) is 0.0909. The predicted molar refractivity (Wildman–Crippen MR) is 109 cm³/mol. The van der Waals surface area contributed by atoms with Crippen LogP contribution in [-0.4, -0.2) is 18.0 Å². The van der Waals surface area contributed by atoms with E-state index in [-0.39, 0.29) is 27.1 Å². The lowest BCUT2D eigenvalue weighted by molar-refractivity contribution is -0.597. The first-order valence-corrected chi connectivity index (χ1v) is 11.7. The Morgan fingerprint density at radius 3 is 2.64 bits per heavy atom. The summed E-state index contributed by atoms with van der Waals surface area (Å²) in [6.07, 6.45) is 0. The number of rotatable bonds is 5. The number of thiazole rings is 1. The first-order valence-electron chi connectivity index (χ1n) is 8.68. The predicted octanol–water partition coefficient (Wildman–Crippen LogP) is 1.99. The second-order valence-electron chi connectivity index (χ2n) is 6.21. The van der Waals surface area contributed by atoms with Crippen molar-refractivity contribution in [2.24, 2.45) is 0 Å². The Labute approximate surface area is 177 Å². The Balaban J connectivity index is 1.51. The monoisotopic (exact) mass is 501 g/mol. The van der Waals surface area contributed by atoms with E-state index >= 15 is 0 Å². The van der Waals surface area contributed by atoms with E-state index in [9.17, 15) is 4.79 Å². The van der Waals surface area contributed by atoms with Crippen LogP contribution in [0.4, 0.5) is 5.13 Å². The molecule has 3 aromatic carbocycles. The molecule has 0 aliphatic heterocycles. The number of methoxy groups -OCH3 is 1. The average Bonchev–Trinajstić information content (AvgIpc) is 3.11. The molecule has 0 saturated heterocycles. The van der Waals surface area contributed by atoms with E-state index in [0.717, 1.165) is 16.0 Å². The van der Waals surface area contributed by atoms with E-state index in [1.54, 1.807) is 7.11 Å². The van der Waals surface area contributed by atoms with Crippen LogP contribution >= 0.6 is 11.3 Å². The summed E-state index contributed by atoms with van der Waals surface area (Å²) >= 11 is 1.13. The molecule has 4 aromatic rings. The molecule has 1 N–H and O–H groups in total. The fourth-order valence-corrected chi connectivity index (χ4v) is 5.87. The number of carbonyl (C=O) groups is 1. The zero-order chi connectivity index (χ0) is 19.5. The number of halogens is 1. The SMILES string of the molecule is COc1ccc2nc(NC(=O)c3cccc([I+]c4ccc(C)cc4)c3)sc2c1. The third-order valence-corrected chi connectivity index (χ3v) is 7.70. The molecule has 1 aromatic heterocycles. The molecule has 0 fully saturated rings. The highest BCUT2D eigenvalue weighted by molar-refractivity contribution is 7.22. The van der Waals surface area contributed by atoms with Gasteiger partial charge in [-0.3, -0.25) is 10.1 Å². The lowest BCUT2D eigenvalue weighted by Crippen LogP contribution is -3.61. The summed E-state index contributed by atoms with van der Waals surface area (Å²) in [4.78, 5) is 17.2. The van der Waals surface area contributed by atoms with Crippen molar-refractivity contribution in [3.63, 3.8) is 0 Å². The molecule has 4 nitrogen and oxygen atoms in total. The minimum atomic E-state index is -0.316. The molecule has 0 atom stereocenters. The Bertz CT molecular complexity index is 1140. The molecule has 140 valence electrons. The van der Waals surface area contributed by atoms with Crippen molar-refractivity contribution < 1.29 is 30.7 Å². The summed E-state index contributed by atoms with van der Waals surface area (Å²) in [6.45, 7) is 2.09. The molecule has 0 spiro atoms. The molecule has 1 amide bonds. The number of hydrogen-bond acceptors (Lipinski definition) is 4. The third kappa shape index (κ3) is 4.34. The van der Waals surface area contributed by atoms with Gasteiger partial charge in [0.15, 0.2) is 12.3 Å². The van der Waals surface area contributed by atoms with Gasteiger partial charge in [0.1, 0.15) is 5.75 Å². The molecule has 0 saturated carbocycles. The normalized spacial score (nSPS) is 10.8. The Morgan fingerprint density at radius 1 is 1.04 bits per heavy atom. The molecule has 0 bridgehead atoms. The highest BCUT2D eigenvalue weighted by Crippen LogP contribution is 2.29. The summed E-state index contributed by atoms with van der Waals surface area (Å²) in [5.74, 6) is 0.641. The number of nitrogens with zero attached hydrogens (tertiary/aromatic N) is 1. The molecule has 0 aliphatic rings. The molecule has 0 unspecified atom stereocenters. The minimum Gasteiger partial charge on any atom is -0.497 e. The van der Waals surface area contributed by atoms with Crippen molar-refractivity contribution in [1.29, 1.82) is 0 Å². The topological polar surface area (TPSA) is 51.2 Å². The van der Waals surface area contributed by atoms with Crippen molar-refractivity contribution in [3.8, 4) is 5.75 Å². The highest BCUT2D eigenvalue weighted by atomic mass is 127. The van der Waals surface area contributed by atoms with Gasteiger partial charge in [-0.15, -0.1) is 0 Å². The molecule has 6 heteroatoms. The number of anilines is 1. The van der Waals surface area contributed by atoms with Crippen LogP contribution in [0.3, 0.4) is 0 Å². The molecule has 0 radical (unpaired) electrons. The fourth-order valence-electron chi connectivity index (χ4n) is 2.67. The van der Waals surface area contributed by atoms with Crippen molar-refractivity contribution in [1.82, 2.24) is 4.98 Å². The number of carbonyl (C=O) groups excluding carboxylic acids is 1. The molecule has 1 heterocycles. The number of amides is 1. The number of aryl methyl sites for hydroxylation is 1. The number of hydrogen-bond donors (Lipinski definition) is 1. The third-order valence-electron chi connectivity index (χ3n) is 4.13. The van der Waals surface area contributed by atoms with Crippen LogP contribution in [0, 0.1) is 14.1 Å². The largest absolute Gasteiger partial charge is 0.497 e. The van der Waals surface area contributed by atoms with E-state index in [2.05, 4.69) is 47.6 Å². The van der Waals surface area contributed by atoms with Crippen LogP contribution in [-0.2, 0) is 0 Å². The van der Waals surface area contributed by atoms with Crippen LogP contribution in [0.5, 0.6) is 5.75 Å². The molecule has 0 aliphatic carbocycles. The van der Waals surface area contributed by atoms with Gasteiger partial charge in [0, 0.05) is 11.6 Å². The number of ether oxygens (including phenoxy) is 1.